The van der Waals surface area contributed by atoms with Crippen LogP contribution in [0, 0.1) is 0 Å². The first-order valence-electron chi connectivity index (χ1n) is 9.50. The highest BCUT2D eigenvalue weighted by atomic mass is 32.2. The van der Waals surface area contributed by atoms with E-state index in [1.807, 2.05) is 26.0 Å². The lowest BCUT2D eigenvalue weighted by Gasteiger charge is -2.44. The Bertz CT molecular complexity index is 640. The first kappa shape index (κ1) is 21.8. The molecule has 2 rings (SSSR count). The van der Waals surface area contributed by atoms with Crippen LogP contribution < -0.4 is 5.73 Å². The Morgan fingerprint density at radius 1 is 1.23 bits per heavy atom. The normalized spacial score (nSPS) is 22.2. The number of hydrogen-bond donors (Lipinski definition) is 2. The van der Waals surface area contributed by atoms with Crippen LogP contribution in [0.25, 0.3) is 0 Å². The highest BCUT2D eigenvalue weighted by molar-refractivity contribution is 8.05. The molecule has 0 spiro atoms. The van der Waals surface area contributed by atoms with Gasteiger partial charge in [-0.2, -0.15) is 0 Å². The van der Waals surface area contributed by atoms with E-state index in [9.17, 15) is 9.67 Å². The average molecular weight is 403 g/mol. The van der Waals surface area contributed by atoms with Crippen LogP contribution in [0.15, 0.2) is 18.2 Å². The molecular formula is C19H33NO4PS+. The smallest absolute Gasteiger partial charge is 0.340 e. The van der Waals surface area contributed by atoms with Crippen LogP contribution in [0.1, 0.15) is 51.7 Å². The molecule has 0 amide bonds. The average Bonchev–Trinajstić information content (AvgIpc) is 2.61. The number of phenols is 1. The first-order chi connectivity index (χ1) is 12.4. The van der Waals surface area contributed by atoms with Gasteiger partial charge in [-0.05, 0) is 56.4 Å². The van der Waals surface area contributed by atoms with Crippen molar-refractivity contribution in [3.8, 4) is 5.75 Å². The minimum absolute atomic E-state index is 0.0782. The molecule has 0 heterocycles. The molecule has 0 bridgehead atoms. The Hall–Kier alpha value is -0.520. The molecule has 1 aromatic rings. The van der Waals surface area contributed by atoms with E-state index in [0.29, 0.717) is 24.5 Å². The zero-order valence-corrected chi connectivity index (χ0v) is 18.1. The van der Waals surface area contributed by atoms with E-state index in [0.717, 1.165) is 19.3 Å². The van der Waals surface area contributed by atoms with Crippen LogP contribution in [-0.4, -0.2) is 35.1 Å². The Morgan fingerprint density at radius 3 is 2.38 bits per heavy atom. The molecule has 1 aliphatic rings. The van der Waals surface area contributed by atoms with Gasteiger partial charge in [0.1, 0.15) is 11.8 Å². The summed E-state index contributed by atoms with van der Waals surface area (Å²) in [5, 5.41) is 10.2. The number of benzene rings is 1. The van der Waals surface area contributed by atoms with Crippen LogP contribution in [0.4, 0.5) is 0 Å². The fraction of sp³-hybridized carbons (Fsp3) is 0.684. The SMILES string of the molecule is CCOP(=O)(CSC1Cc2ccc(O)cc2C(CC)(CC)C1[NH3+])OCC. The molecule has 0 aliphatic heterocycles. The van der Waals surface area contributed by atoms with E-state index in [2.05, 4.69) is 19.6 Å². The molecule has 2 atom stereocenters. The largest absolute Gasteiger partial charge is 0.508 e. The quantitative estimate of drug-likeness (QED) is 0.611. The van der Waals surface area contributed by atoms with Crippen LogP contribution in [0.3, 0.4) is 0 Å². The molecule has 4 N–H and O–H groups in total. The van der Waals surface area contributed by atoms with Gasteiger partial charge in [-0.3, -0.25) is 4.57 Å². The molecule has 0 radical (unpaired) electrons. The van der Waals surface area contributed by atoms with E-state index < -0.39 is 7.60 Å². The zero-order valence-electron chi connectivity index (χ0n) is 16.4. The number of fused-ring (bicyclic) bond motifs is 1. The second-order valence-corrected chi connectivity index (χ2v) is 10.5. The molecule has 7 heteroatoms. The van der Waals surface area contributed by atoms with Gasteiger partial charge in [-0.25, -0.2) is 0 Å². The molecule has 148 valence electrons. The van der Waals surface area contributed by atoms with Crippen molar-refractivity contribution in [2.45, 2.75) is 63.7 Å². The van der Waals surface area contributed by atoms with Crippen LogP contribution in [0.5, 0.6) is 5.75 Å². The fourth-order valence-corrected chi connectivity index (χ4v) is 7.89. The van der Waals surface area contributed by atoms with Gasteiger partial charge >= 0.3 is 7.60 Å². The van der Waals surface area contributed by atoms with Crippen LogP contribution in [0.2, 0.25) is 0 Å². The van der Waals surface area contributed by atoms with E-state index in [-0.39, 0.29) is 16.7 Å². The third-order valence-corrected chi connectivity index (χ3v) is 9.66. The topological polar surface area (TPSA) is 83.4 Å². The van der Waals surface area contributed by atoms with Gasteiger partial charge in [0.25, 0.3) is 0 Å². The maximum Gasteiger partial charge on any atom is 0.340 e. The van der Waals surface area contributed by atoms with Crippen LogP contribution in [-0.2, 0) is 25.4 Å². The van der Waals surface area contributed by atoms with Crippen molar-refractivity contribution in [1.29, 1.82) is 0 Å². The summed E-state index contributed by atoms with van der Waals surface area (Å²) < 4.78 is 23.7. The predicted octanol–water partition coefficient (Wildman–Crippen LogP) is 3.94. The number of thioether (sulfide) groups is 1. The minimum atomic E-state index is -3.07. The van der Waals surface area contributed by atoms with Crippen molar-refractivity contribution in [2.24, 2.45) is 0 Å². The third-order valence-electron chi connectivity index (χ3n) is 5.57. The Morgan fingerprint density at radius 2 is 1.85 bits per heavy atom. The van der Waals surface area contributed by atoms with Crippen molar-refractivity contribution in [2.75, 3.05) is 18.7 Å². The molecule has 0 saturated carbocycles. The molecule has 2 unspecified atom stereocenters. The molecule has 0 aromatic heterocycles. The number of phenolic OH excluding ortho intramolecular Hbond substituents is 1. The molecule has 1 aliphatic carbocycles. The Kier molecular flexibility index (Phi) is 7.63. The number of quaternary nitrogens is 1. The monoisotopic (exact) mass is 402 g/mol. The minimum Gasteiger partial charge on any atom is -0.508 e. The van der Waals surface area contributed by atoms with Gasteiger partial charge in [0.15, 0.2) is 0 Å². The van der Waals surface area contributed by atoms with E-state index in [1.54, 1.807) is 17.8 Å². The maximum absolute atomic E-state index is 12.8. The fourth-order valence-electron chi connectivity index (χ4n) is 4.14. The molecule has 0 fully saturated rings. The Balaban J connectivity index is 2.29. The van der Waals surface area contributed by atoms with E-state index in [1.165, 1.54) is 11.1 Å². The second-order valence-electron chi connectivity index (χ2n) is 6.80. The Labute approximate surface area is 161 Å². The number of rotatable bonds is 9. The lowest BCUT2D eigenvalue weighted by atomic mass is 9.63. The van der Waals surface area contributed by atoms with E-state index in [4.69, 9.17) is 9.05 Å². The lowest BCUT2D eigenvalue weighted by Crippen LogP contribution is -2.75. The second kappa shape index (κ2) is 9.11. The van der Waals surface area contributed by atoms with E-state index >= 15 is 0 Å². The standard InChI is InChI=1S/C19H32NO4PS/c1-5-19(6-2)16-12-15(21)10-9-14(16)11-17(18(19)20)26-13-25(22,23-7-3)24-8-4/h9-10,12,17-18,21H,5-8,11,13,20H2,1-4H3/p+1. The van der Waals surface area contributed by atoms with Gasteiger partial charge < -0.3 is 19.9 Å². The molecule has 1 aromatic carbocycles. The van der Waals surface area contributed by atoms with Gasteiger partial charge in [-0.15, -0.1) is 11.8 Å². The third kappa shape index (κ3) is 4.31. The zero-order chi connectivity index (χ0) is 19.4. The summed E-state index contributed by atoms with van der Waals surface area (Å²) in [6.07, 6.45) is 2.77. The van der Waals surface area contributed by atoms with Crippen LogP contribution >= 0.6 is 19.4 Å². The summed E-state index contributed by atoms with van der Waals surface area (Å²) in [5.74, 6) is 0.311. The van der Waals surface area contributed by atoms with Crippen molar-refractivity contribution in [3.05, 3.63) is 29.3 Å². The first-order valence-corrected chi connectivity index (χ1v) is 12.3. The summed E-state index contributed by atoms with van der Waals surface area (Å²) in [7, 11) is -3.07. The van der Waals surface area contributed by atoms with Gasteiger partial charge in [0.2, 0.25) is 0 Å². The van der Waals surface area contributed by atoms with Crippen molar-refractivity contribution in [1.82, 2.24) is 0 Å². The number of aromatic hydroxyl groups is 1. The summed E-state index contributed by atoms with van der Waals surface area (Å²) >= 11 is 1.66. The molecule has 0 saturated heterocycles. The van der Waals surface area contributed by atoms with Gasteiger partial charge in [0.05, 0.1) is 24.0 Å². The van der Waals surface area contributed by atoms with Crippen molar-refractivity contribution in [3.63, 3.8) is 0 Å². The summed E-state index contributed by atoms with van der Waals surface area (Å²) in [6, 6.07) is 5.85. The molecule has 5 nitrogen and oxygen atoms in total. The van der Waals surface area contributed by atoms with Crippen molar-refractivity contribution < 1.29 is 24.5 Å². The molecular weight excluding hydrogens is 369 g/mol. The van der Waals surface area contributed by atoms with Crippen molar-refractivity contribution >= 4 is 19.4 Å². The van der Waals surface area contributed by atoms with Gasteiger partial charge in [0, 0.05) is 5.41 Å². The molecule has 26 heavy (non-hydrogen) atoms. The summed E-state index contributed by atoms with van der Waals surface area (Å²) in [4.78, 5) is 0. The van der Waals surface area contributed by atoms with Gasteiger partial charge in [-0.1, -0.05) is 19.9 Å². The highest BCUT2D eigenvalue weighted by Crippen LogP contribution is 2.53. The predicted molar refractivity (Wildman–Crippen MR) is 108 cm³/mol. The highest BCUT2D eigenvalue weighted by Gasteiger charge is 2.48. The summed E-state index contributed by atoms with van der Waals surface area (Å²) in [5.41, 5.74) is 7.27. The summed E-state index contributed by atoms with van der Waals surface area (Å²) in [6.45, 7) is 8.81. The maximum atomic E-state index is 12.8. The number of hydrogen-bond acceptors (Lipinski definition) is 5. The lowest BCUT2D eigenvalue weighted by molar-refractivity contribution is -0.439.